The largest absolute Gasteiger partial charge is 0.505 e. The fourth-order valence-corrected chi connectivity index (χ4v) is 5.80. The third-order valence-corrected chi connectivity index (χ3v) is 8.31. The number of methoxy groups -OCH3 is 2. The number of aromatic nitrogens is 1. The first kappa shape index (κ1) is 33.2. The lowest BCUT2D eigenvalue weighted by Crippen LogP contribution is -2.13. The van der Waals surface area contributed by atoms with Gasteiger partial charge in [0.2, 0.25) is 5.78 Å². The Labute approximate surface area is 262 Å². The molecule has 0 atom stereocenters. The molecule has 0 spiro atoms. The first-order valence-electron chi connectivity index (χ1n) is 16.6. The molecule has 4 rings (SSSR count). The summed E-state index contributed by atoms with van der Waals surface area (Å²) in [5.41, 5.74) is 1.62. The number of nitrogens with one attached hydrogen (secondary N) is 1. The molecule has 1 aromatic heterocycles. The fraction of sp³-hybridized carbons (Fsp3) is 0.556. The molecule has 44 heavy (non-hydrogen) atoms. The van der Waals surface area contributed by atoms with Gasteiger partial charge in [0.15, 0.2) is 5.75 Å². The van der Waals surface area contributed by atoms with Crippen LogP contribution in [0.5, 0.6) is 28.7 Å². The Bertz CT molecular complexity index is 1410. The number of aromatic amines is 1. The third-order valence-electron chi connectivity index (χ3n) is 8.31. The van der Waals surface area contributed by atoms with Crippen molar-refractivity contribution in [1.29, 1.82) is 0 Å². The molecule has 8 nitrogen and oxygen atoms in total. The molecule has 0 saturated carbocycles. The van der Waals surface area contributed by atoms with Gasteiger partial charge in [-0.3, -0.25) is 4.79 Å². The van der Waals surface area contributed by atoms with Crippen LogP contribution in [0.1, 0.15) is 120 Å². The van der Waals surface area contributed by atoms with E-state index in [9.17, 15) is 9.90 Å². The van der Waals surface area contributed by atoms with E-state index in [1.54, 1.807) is 38.5 Å². The molecule has 3 aromatic rings. The van der Waals surface area contributed by atoms with Crippen LogP contribution in [-0.2, 0) is 0 Å². The summed E-state index contributed by atoms with van der Waals surface area (Å²) in [6.45, 7) is 5.50. The molecule has 1 aliphatic heterocycles. The van der Waals surface area contributed by atoms with E-state index < -0.39 is 0 Å². The van der Waals surface area contributed by atoms with Crippen LogP contribution in [0.2, 0.25) is 0 Å². The summed E-state index contributed by atoms with van der Waals surface area (Å²) in [5, 5.41) is 12.0. The molecule has 240 valence electrons. The van der Waals surface area contributed by atoms with E-state index in [-0.39, 0.29) is 22.9 Å². The maximum absolute atomic E-state index is 13.9. The van der Waals surface area contributed by atoms with Crippen LogP contribution in [-0.4, -0.2) is 49.0 Å². The number of rotatable bonds is 21. The molecule has 0 unspecified atom stereocenters. The highest BCUT2D eigenvalue weighted by molar-refractivity contribution is 6.56. The summed E-state index contributed by atoms with van der Waals surface area (Å²) in [6.07, 6.45) is 16.5. The zero-order valence-electron chi connectivity index (χ0n) is 27.1. The Hall–Kier alpha value is -3.68. The number of aromatic hydroxyl groups is 1. The van der Waals surface area contributed by atoms with Crippen LogP contribution in [0.4, 0.5) is 5.69 Å². The first-order valence-corrected chi connectivity index (χ1v) is 16.6. The highest BCUT2D eigenvalue weighted by atomic mass is 16.5. The van der Waals surface area contributed by atoms with E-state index in [2.05, 4.69) is 23.8 Å². The molecular weight excluding hydrogens is 556 g/mol. The van der Waals surface area contributed by atoms with E-state index in [1.807, 2.05) is 0 Å². The summed E-state index contributed by atoms with van der Waals surface area (Å²) in [4.78, 5) is 21.7. The number of aliphatic imine (C=N–C) groups is 1. The fourth-order valence-electron chi connectivity index (χ4n) is 5.80. The van der Waals surface area contributed by atoms with E-state index >= 15 is 0 Å². The van der Waals surface area contributed by atoms with E-state index in [0.29, 0.717) is 58.4 Å². The van der Waals surface area contributed by atoms with Gasteiger partial charge in [0, 0.05) is 0 Å². The minimum Gasteiger partial charge on any atom is -0.505 e. The quantitative estimate of drug-likeness (QED) is 0.117. The van der Waals surface area contributed by atoms with Crippen molar-refractivity contribution in [2.75, 3.05) is 27.4 Å². The van der Waals surface area contributed by atoms with E-state index in [0.717, 1.165) is 25.7 Å². The van der Waals surface area contributed by atoms with Crippen LogP contribution < -0.4 is 18.9 Å². The molecule has 2 N–H and O–H groups in total. The summed E-state index contributed by atoms with van der Waals surface area (Å²) in [6, 6.07) is 7.13. The Morgan fingerprint density at radius 1 is 0.682 bits per heavy atom. The van der Waals surface area contributed by atoms with Gasteiger partial charge >= 0.3 is 0 Å². The number of fused-ring (bicyclic) bond motifs is 2. The molecule has 0 aliphatic carbocycles. The first-order chi connectivity index (χ1) is 21.5. The van der Waals surface area contributed by atoms with Crippen LogP contribution >= 0.6 is 0 Å². The summed E-state index contributed by atoms with van der Waals surface area (Å²) >= 11 is 0. The lowest BCUT2D eigenvalue weighted by molar-refractivity contribution is 0.106. The highest BCUT2D eigenvalue weighted by Crippen LogP contribution is 2.46. The standard InChI is InChI=1S/C36H50N2O6/c1-5-7-9-11-13-15-17-23-43-25-19-21-27(41-3)31-29(25)35(39)33(37-31)34-36(40)30-26(20-22-28(42-4)32(30)38-34)44-24-18-16-14-12-10-8-6-2/h19-22,37,39H,5-18,23-24H2,1-4H3. The van der Waals surface area contributed by atoms with Crippen molar-refractivity contribution >= 4 is 28.1 Å². The third kappa shape index (κ3) is 7.88. The smallest absolute Gasteiger partial charge is 0.219 e. The van der Waals surface area contributed by atoms with Crippen LogP contribution in [0.15, 0.2) is 29.3 Å². The molecule has 0 bridgehead atoms. The van der Waals surface area contributed by atoms with Crippen molar-refractivity contribution in [3.63, 3.8) is 0 Å². The molecule has 0 radical (unpaired) electrons. The average molecular weight is 607 g/mol. The summed E-state index contributed by atoms with van der Waals surface area (Å²) in [5.74, 6) is 1.58. The van der Waals surface area contributed by atoms with Gasteiger partial charge in [-0.15, -0.1) is 0 Å². The molecule has 2 heterocycles. The minimum atomic E-state index is -0.333. The monoisotopic (exact) mass is 606 g/mol. The lowest BCUT2D eigenvalue weighted by Gasteiger charge is -2.12. The molecule has 0 fully saturated rings. The second-order valence-corrected chi connectivity index (χ2v) is 11.6. The number of carbonyl (C=O) groups is 1. The van der Waals surface area contributed by atoms with Crippen molar-refractivity contribution in [3.8, 4) is 28.7 Å². The number of H-pyrrole nitrogens is 1. The van der Waals surface area contributed by atoms with Crippen LogP contribution in [0.3, 0.4) is 0 Å². The van der Waals surface area contributed by atoms with Gasteiger partial charge in [0.1, 0.15) is 40.1 Å². The maximum Gasteiger partial charge on any atom is 0.219 e. The van der Waals surface area contributed by atoms with Gasteiger partial charge in [-0.1, -0.05) is 90.9 Å². The number of Topliss-reactive ketones (excluding diaryl/α,β-unsaturated/α-hetero) is 1. The van der Waals surface area contributed by atoms with Gasteiger partial charge in [0.25, 0.3) is 0 Å². The van der Waals surface area contributed by atoms with E-state index in [1.165, 1.54) is 64.2 Å². The molecule has 0 amide bonds. The normalized spacial score (nSPS) is 12.5. The molecule has 2 aromatic carbocycles. The van der Waals surface area contributed by atoms with Crippen LogP contribution in [0, 0.1) is 0 Å². The van der Waals surface area contributed by atoms with Crippen molar-refractivity contribution < 1.29 is 28.8 Å². The predicted molar refractivity (Wildman–Crippen MR) is 177 cm³/mol. The Balaban J connectivity index is 1.50. The minimum absolute atomic E-state index is 0.0963. The second kappa shape index (κ2) is 17.0. The number of hydrogen-bond donors (Lipinski definition) is 2. The van der Waals surface area contributed by atoms with Gasteiger partial charge in [-0.25, -0.2) is 4.99 Å². The molecule has 8 heteroatoms. The zero-order chi connectivity index (χ0) is 31.3. The number of nitrogens with zero attached hydrogens (tertiary/aromatic N) is 1. The predicted octanol–water partition coefficient (Wildman–Crippen LogP) is 9.47. The van der Waals surface area contributed by atoms with Gasteiger partial charge < -0.3 is 29.0 Å². The number of unbranched alkanes of at least 4 members (excludes halogenated alkanes) is 12. The summed E-state index contributed by atoms with van der Waals surface area (Å²) in [7, 11) is 3.12. The van der Waals surface area contributed by atoms with Gasteiger partial charge in [0.05, 0.1) is 43.9 Å². The number of ketones is 1. The Kier molecular flexibility index (Phi) is 12.8. The molecule has 0 saturated heterocycles. The number of hydrogen-bond acceptors (Lipinski definition) is 7. The molecule has 1 aliphatic rings. The zero-order valence-corrected chi connectivity index (χ0v) is 27.1. The second-order valence-electron chi connectivity index (χ2n) is 11.6. The topological polar surface area (TPSA) is 102 Å². The molecular formula is C36H50N2O6. The van der Waals surface area contributed by atoms with Gasteiger partial charge in [-0.2, -0.15) is 0 Å². The van der Waals surface area contributed by atoms with E-state index in [4.69, 9.17) is 18.9 Å². The van der Waals surface area contributed by atoms with Crippen molar-refractivity contribution in [2.45, 2.75) is 104 Å². The highest BCUT2D eigenvalue weighted by Gasteiger charge is 2.35. The van der Waals surface area contributed by atoms with Crippen molar-refractivity contribution in [2.24, 2.45) is 4.99 Å². The summed E-state index contributed by atoms with van der Waals surface area (Å²) < 4.78 is 23.4. The van der Waals surface area contributed by atoms with Crippen molar-refractivity contribution in [1.82, 2.24) is 4.98 Å². The SMILES string of the molecule is CCCCCCCCCOc1ccc(OC)c2c1C(=O)C(c1[nH]c3c(OC)ccc(OCCCCCCCCC)c3c1O)=N2. The number of carbonyl (C=O) groups excluding carboxylic acids is 1. The lowest BCUT2D eigenvalue weighted by atomic mass is 10.0. The Morgan fingerprint density at radius 2 is 1.18 bits per heavy atom. The maximum atomic E-state index is 13.9. The Morgan fingerprint density at radius 3 is 1.77 bits per heavy atom. The number of benzene rings is 2. The van der Waals surface area contributed by atoms with Gasteiger partial charge in [-0.05, 0) is 37.1 Å². The van der Waals surface area contributed by atoms with Crippen LogP contribution in [0.25, 0.3) is 10.9 Å². The van der Waals surface area contributed by atoms with Crippen molar-refractivity contribution in [3.05, 3.63) is 35.5 Å². The number of ether oxygens (including phenoxy) is 4. The average Bonchev–Trinajstić information content (AvgIpc) is 3.57.